The molecule has 7 N–H and O–H groups in total. The molecule has 0 aliphatic carbocycles. The topological polar surface area (TPSA) is 221 Å². The zero-order valence-electron chi connectivity index (χ0n) is 48.3. The van der Waals surface area contributed by atoms with E-state index in [-0.39, 0.29) is 63.3 Å². The van der Waals surface area contributed by atoms with Crippen molar-refractivity contribution in [1.82, 2.24) is 44.6 Å². The van der Waals surface area contributed by atoms with Crippen LogP contribution >= 0.6 is 0 Å². The molecule has 16 nitrogen and oxygen atoms in total. The first-order valence-corrected chi connectivity index (χ1v) is 29.4. The summed E-state index contributed by atoms with van der Waals surface area (Å²) in [5.41, 5.74) is 16.7. The molecule has 6 aromatic carbocycles. The van der Waals surface area contributed by atoms with E-state index in [9.17, 15) is 28.8 Å². The van der Waals surface area contributed by atoms with Crippen molar-refractivity contribution >= 4 is 112 Å². The van der Waals surface area contributed by atoms with E-state index in [1.807, 2.05) is 110 Å². The number of nitrogens with zero attached hydrogens (tertiary/aromatic N) is 3. The number of benzene rings is 6. The van der Waals surface area contributed by atoms with E-state index in [2.05, 4.69) is 99.5 Å². The van der Waals surface area contributed by atoms with Crippen molar-refractivity contribution in [3.63, 3.8) is 0 Å². The number of H-pyrrole nitrogens is 3. The molecule has 6 aromatic heterocycles. The number of aliphatic hydroxyl groups is 1. The van der Waals surface area contributed by atoms with Gasteiger partial charge in [0.15, 0.2) is 0 Å². The second-order valence-electron chi connectivity index (χ2n) is 23.0. The molecule has 0 spiro atoms. The summed E-state index contributed by atoms with van der Waals surface area (Å²) in [4.78, 5) is 86.9. The van der Waals surface area contributed by atoms with Gasteiger partial charge in [-0.3, -0.25) is 44.7 Å². The van der Waals surface area contributed by atoms with Crippen LogP contribution in [-0.4, -0.2) is 76.3 Å². The van der Waals surface area contributed by atoms with E-state index >= 15 is 0 Å². The third-order valence-corrected chi connectivity index (χ3v) is 18.5. The van der Waals surface area contributed by atoms with Crippen LogP contribution in [0.2, 0.25) is 0 Å². The standard InChI is InChI=1S/2C23H19N3O2.C23H17N3O2.CH4O.CH3.Pd/c3*27-22-19(16-11-24-18-9-2-1-7-14(16)18)20(23(28)25-22)17-12-26-10-4-6-13-5-3-8-15(17)21(13)26;1-2;;/h2*1-3,5,7-9,11-12,19-20,24H,4,6,10H2,(H,25,27,28);1-3,5,7-9,11-12,24H,4,6,10H2,(H,25,27,28);2H,1H3;1H3;/q;;;;-1;/t2*19-,20+;;;;/m10..../s1. The SMILES string of the molecule is CO.O=C1NC(=O)C(c2cn3c4c(cccc24)CCC3)=C1c1c[nH]c2ccccc12.O=C1NC(=O)[C@@H](c2c[nH]c3ccccc23)[C@H]1c1cn2c3c(cccc13)CCC2.O=C1NC(=O)[C@@H](c2cn3c4c(cccc24)CCC3)[C@H]1c1c[nH]c2ccccc12.[CH3-].[Pd]. The summed E-state index contributed by atoms with van der Waals surface area (Å²) in [7, 11) is 1.00. The van der Waals surface area contributed by atoms with Gasteiger partial charge in [-0.1, -0.05) is 109 Å². The van der Waals surface area contributed by atoms with E-state index in [0.29, 0.717) is 11.1 Å². The normalized spacial score (nSPS) is 19.0. The molecule has 4 atom stereocenters. The summed E-state index contributed by atoms with van der Waals surface area (Å²) in [6, 6.07) is 42.5. The maximum absolute atomic E-state index is 12.9. The van der Waals surface area contributed by atoms with E-state index in [1.165, 1.54) is 33.2 Å². The minimum absolute atomic E-state index is 0. The number of hydrogen-bond acceptors (Lipinski definition) is 7. The van der Waals surface area contributed by atoms with E-state index in [1.54, 1.807) is 0 Å². The average Bonchev–Trinajstić information content (AvgIpc) is 1.65. The molecule has 18 rings (SSSR count). The summed E-state index contributed by atoms with van der Waals surface area (Å²) in [5.74, 6) is -3.57. The van der Waals surface area contributed by atoms with Gasteiger partial charge in [0.1, 0.15) is 0 Å². The maximum Gasteiger partial charge on any atom is 0.259 e. The van der Waals surface area contributed by atoms with Crippen molar-refractivity contribution in [2.45, 2.75) is 81.8 Å². The number of para-hydroxylation sites is 6. The van der Waals surface area contributed by atoms with Crippen molar-refractivity contribution in [2.24, 2.45) is 0 Å². The molecule has 2 fully saturated rings. The minimum atomic E-state index is -0.521. The average molecular weight is 1260 g/mol. The van der Waals surface area contributed by atoms with E-state index in [0.717, 1.165) is 148 Å². The zero-order valence-corrected chi connectivity index (χ0v) is 49.9. The Hall–Kier alpha value is -9.66. The fourth-order valence-electron chi connectivity index (χ4n) is 14.9. The van der Waals surface area contributed by atoms with E-state index in [4.69, 9.17) is 5.11 Å². The third-order valence-electron chi connectivity index (χ3n) is 18.5. The van der Waals surface area contributed by atoms with Gasteiger partial charge in [0.25, 0.3) is 11.8 Å². The van der Waals surface area contributed by atoms with Crippen molar-refractivity contribution in [3.8, 4) is 0 Å². The van der Waals surface area contributed by atoms with Gasteiger partial charge in [-0.05, 0) is 95.7 Å². The maximum atomic E-state index is 12.9. The number of aryl methyl sites for hydroxylation is 6. The number of rotatable bonds is 6. The van der Waals surface area contributed by atoms with Crippen LogP contribution in [0, 0.1) is 7.43 Å². The van der Waals surface area contributed by atoms with Crippen molar-refractivity contribution < 1.29 is 54.3 Å². The predicted octanol–water partition coefficient (Wildman–Crippen LogP) is 10.9. The van der Waals surface area contributed by atoms with Crippen LogP contribution in [-0.2, 0) is 88.1 Å². The Morgan fingerprint density at radius 3 is 1.19 bits per heavy atom. The second kappa shape index (κ2) is 22.9. The Kier molecular flexibility index (Phi) is 14.9. The Balaban J connectivity index is 0.000000119. The fraction of sp³-hybridized carbons (Fsp3) is 0.197. The zero-order chi connectivity index (χ0) is 58.5. The summed E-state index contributed by atoms with van der Waals surface area (Å²) in [5, 5.41) is 20.9. The number of imide groups is 3. The Labute approximate surface area is 519 Å². The van der Waals surface area contributed by atoms with Crippen LogP contribution in [0.25, 0.3) is 76.6 Å². The molecule has 444 valence electrons. The van der Waals surface area contributed by atoms with Gasteiger partial charge >= 0.3 is 0 Å². The Morgan fingerprint density at radius 1 is 0.375 bits per heavy atom. The van der Waals surface area contributed by atoms with Gasteiger partial charge in [0.2, 0.25) is 23.6 Å². The Bertz CT molecular complexity index is 4690. The molecule has 17 heteroatoms. The third kappa shape index (κ3) is 9.09. The molecular formula is C71H62N9O7Pd-. The van der Waals surface area contributed by atoms with Crippen molar-refractivity contribution in [1.29, 1.82) is 0 Å². The number of aromatic amines is 3. The van der Waals surface area contributed by atoms with E-state index < -0.39 is 23.7 Å². The van der Waals surface area contributed by atoms with Gasteiger partial charge in [-0.25, -0.2) is 0 Å². The predicted molar refractivity (Wildman–Crippen MR) is 337 cm³/mol. The van der Waals surface area contributed by atoms with Crippen LogP contribution in [0.5, 0.6) is 0 Å². The van der Waals surface area contributed by atoms with Crippen LogP contribution < -0.4 is 16.0 Å². The first-order chi connectivity index (χ1) is 42.2. The molecule has 0 saturated carbocycles. The van der Waals surface area contributed by atoms with Gasteiger partial charge in [-0.15, -0.1) is 0 Å². The fourth-order valence-corrected chi connectivity index (χ4v) is 14.9. The molecular weight excluding hydrogens is 1200 g/mol. The molecule has 12 aromatic rings. The van der Waals surface area contributed by atoms with Crippen LogP contribution in [0.3, 0.4) is 0 Å². The number of aromatic nitrogens is 6. The molecule has 0 radical (unpaired) electrons. The Morgan fingerprint density at radius 2 is 0.727 bits per heavy atom. The summed E-state index contributed by atoms with van der Waals surface area (Å²) in [6.07, 6.45) is 18.2. The first kappa shape index (κ1) is 57.4. The molecule has 0 bridgehead atoms. The monoisotopic (exact) mass is 1260 g/mol. The second-order valence-corrected chi connectivity index (χ2v) is 23.0. The molecule has 6 aliphatic heterocycles. The smallest absolute Gasteiger partial charge is 0.259 e. The van der Waals surface area contributed by atoms with Crippen LogP contribution in [0.4, 0.5) is 0 Å². The summed E-state index contributed by atoms with van der Waals surface area (Å²) in [6.45, 7) is 2.83. The van der Waals surface area contributed by atoms with Gasteiger partial charge in [0, 0.05) is 144 Å². The quantitative estimate of drug-likeness (QED) is 0.0484. The number of aliphatic hydroxyl groups excluding tert-OH is 1. The van der Waals surface area contributed by atoms with Crippen LogP contribution in [0.15, 0.2) is 165 Å². The van der Waals surface area contributed by atoms with Gasteiger partial charge in [0.05, 0.1) is 51.4 Å². The number of carbonyl (C=O) groups excluding carboxylic acids is 6. The molecule has 88 heavy (non-hydrogen) atoms. The largest absolute Gasteiger partial charge is 0.400 e. The first-order valence-electron chi connectivity index (χ1n) is 29.4. The molecule has 6 amide bonds. The minimum Gasteiger partial charge on any atom is -0.400 e. The molecule has 12 heterocycles. The molecule has 2 saturated heterocycles. The number of carbonyl (C=O) groups is 6. The van der Waals surface area contributed by atoms with Crippen molar-refractivity contribution in [2.75, 3.05) is 7.11 Å². The number of nitrogens with one attached hydrogen (secondary N) is 6. The number of amides is 6. The molecule has 6 aliphatic rings. The summed E-state index contributed by atoms with van der Waals surface area (Å²) < 4.78 is 6.73. The van der Waals surface area contributed by atoms with Crippen LogP contribution in [0.1, 0.15) is 93.0 Å². The van der Waals surface area contributed by atoms with Gasteiger partial charge in [-0.2, -0.15) is 0 Å². The summed E-state index contributed by atoms with van der Waals surface area (Å²) >= 11 is 0. The number of hydrogen-bond donors (Lipinski definition) is 7. The van der Waals surface area contributed by atoms with Gasteiger partial charge < -0.3 is 41.2 Å². The van der Waals surface area contributed by atoms with Crippen molar-refractivity contribution in [3.05, 3.63) is 222 Å². The molecule has 0 unspecified atom stereocenters. The number of fused-ring (bicyclic) bond motifs is 3.